The summed E-state index contributed by atoms with van der Waals surface area (Å²) in [6, 6.07) is 0.627. The maximum absolute atomic E-state index is 4.14. The zero-order valence-electron chi connectivity index (χ0n) is 11.6. The van der Waals surface area contributed by atoms with Crippen LogP contribution in [0.2, 0.25) is 0 Å². The summed E-state index contributed by atoms with van der Waals surface area (Å²) >= 11 is 1.45. The minimum absolute atomic E-state index is 0.595. The van der Waals surface area contributed by atoms with Crippen molar-refractivity contribution >= 4 is 11.5 Å². The molecule has 1 unspecified atom stereocenters. The van der Waals surface area contributed by atoms with Crippen LogP contribution in [0, 0.1) is 23.2 Å². The van der Waals surface area contributed by atoms with Crippen LogP contribution >= 0.6 is 11.5 Å². The van der Waals surface area contributed by atoms with Gasteiger partial charge in [-0.25, -0.2) is 0 Å². The van der Waals surface area contributed by atoms with Crippen LogP contribution < -0.4 is 5.32 Å². The van der Waals surface area contributed by atoms with Crippen LogP contribution in [0.3, 0.4) is 0 Å². The number of aromatic nitrogens is 2. The number of nitrogens with one attached hydrogen (secondary N) is 1. The maximum atomic E-state index is 4.14. The Morgan fingerprint density at radius 2 is 1.89 bits per heavy atom. The Morgan fingerprint density at radius 1 is 1.26 bits per heavy atom. The van der Waals surface area contributed by atoms with Crippen molar-refractivity contribution in [2.75, 3.05) is 0 Å². The lowest BCUT2D eigenvalue weighted by molar-refractivity contribution is -0.0707. The van der Waals surface area contributed by atoms with Crippen LogP contribution in [0.1, 0.15) is 51.1 Å². The zero-order valence-corrected chi connectivity index (χ0v) is 12.5. The van der Waals surface area contributed by atoms with Crippen LogP contribution in [-0.2, 0) is 6.54 Å². The van der Waals surface area contributed by atoms with E-state index in [1.54, 1.807) is 0 Å². The fourth-order valence-electron chi connectivity index (χ4n) is 5.44. The number of hydrogen-bond acceptors (Lipinski definition) is 4. The van der Waals surface area contributed by atoms with Crippen LogP contribution in [0.5, 0.6) is 0 Å². The molecule has 4 bridgehead atoms. The van der Waals surface area contributed by atoms with Crippen molar-refractivity contribution in [1.82, 2.24) is 14.9 Å². The average molecular weight is 277 g/mol. The fourth-order valence-corrected chi connectivity index (χ4v) is 5.89. The quantitative estimate of drug-likeness (QED) is 0.918. The molecule has 0 radical (unpaired) electrons. The first kappa shape index (κ1) is 12.3. The summed E-state index contributed by atoms with van der Waals surface area (Å²) in [4.78, 5) is 0. The standard InChI is InChI=1S/C15H23N3S/c1-10(16-8-14-9-19-18-17-14)15-5-11-2-12(6-15)4-13(3-11)7-15/h9-13,16H,2-8H2,1H3. The van der Waals surface area contributed by atoms with Crippen molar-refractivity contribution in [2.45, 2.75) is 58.0 Å². The molecular formula is C15H23N3S. The molecule has 0 saturated heterocycles. The molecule has 4 heteroatoms. The molecule has 1 aromatic heterocycles. The zero-order chi connectivity index (χ0) is 12.9. The molecule has 19 heavy (non-hydrogen) atoms. The van der Waals surface area contributed by atoms with Crippen LogP contribution in [0.25, 0.3) is 0 Å². The van der Waals surface area contributed by atoms with Gasteiger partial charge in [-0.3, -0.25) is 0 Å². The molecule has 0 aromatic carbocycles. The monoisotopic (exact) mass is 277 g/mol. The molecule has 4 aliphatic carbocycles. The summed E-state index contributed by atoms with van der Waals surface area (Å²) < 4.78 is 3.94. The molecule has 0 aliphatic heterocycles. The molecule has 4 saturated carbocycles. The summed E-state index contributed by atoms with van der Waals surface area (Å²) in [5.41, 5.74) is 1.69. The van der Waals surface area contributed by atoms with Gasteiger partial charge in [0.15, 0.2) is 0 Å². The van der Waals surface area contributed by atoms with E-state index in [-0.39, 0.29) is 0 Å². The second-order valence-electron chi connectivity index (χ2n) is 7.28. The van der Waals surface area contributed by atoms with E-state index in [2.05, 4.69) is 27.2 Å². The summed E-state index contributed by atoms with van der Waals surface area (Å²) in [6.45, 7) is 3.30. The second-order valence-corrected chi connectivity index (χ2v) is 7.89. The van der Waals surface area contributed by atoms with Gasteiger partial charge >= 0.3 is 0 Å². The van der Waals surface area contributed by atoms with Crippen molar-refractivity contribution < 1.29 is 0 Å². The molecule has 0 amide bonds. The molecule has 1 N–H and O–H groups in total. The van der Waals surface area contributed by atoms with Gasteiger partial charge in [0.1, 0.15) is 0 Å². The third kappa shape index (κ3) is 2.13. The van der Waals surface area contributed by atoms with E-state index in [1.165, 1.54) is 50.1 Å². The van der Waals surface area contributed by atoms with E-state index < -0.39 is 0 Å². The van der Waals surface area contributed by atoms with E-state index in [9.17, 15) is 0 Å². The van der Waals surface area contributed by atoms with E-state index >= 15 is 0 Å². The van der Waals surface area contributed by atoms with Gasteiger partial charge in [0.2, 0.25) is 0 Å². The first-order chi connectivity index (χ1) is 9.23. The van der Waals surface area contributed by atoms with Crippen LogP contribution in [0.4, 0.5) is 0 Å². The maximum Gasteiger partial charge on any atom is 0.0893 e. The summed E-state index contributed by atoms with van der Waals surface area (Å²) in [6.07, 6.45) is 9.01. The van der Waals surface area contributed by atoms with Gasteiger partial charge in [0.05, 0.1) is 5.69 Å². The highest BCUT2D eigenvalue weighted by atomic mass is 32.1. The van der Waals surface area contributed by atoms with E-state index in [0.29, 0.717) is 11.5 Å². The van der Waals surface area contributed by atoms with Gasteiger partial charge in [-0.15, -0.1) is 5.10 Å². The van der Waals surface area contributed by atoms with E-state index in [4.69, 9.17) is 0 Å². The first-order valence-corrected chi connectivity index (χ1v) is 8.56. The Hall–Kier alpha value is -0.480. The smallest absolute Gasteiger partial charge is 0.0893 e. The molecule has 1 atom stereocenters. The second kappa shape index (κ2) is 4.52. The Bertz CT molecular complexity index is 407. The molecule has 1 aromatic rings. The van der Waals surface area contributed by atoms with Crippen molar-refractivity contribution in [3.05, 3.63) is 11.1 Å². The molecule has 0 spiro atoms. The molecule has 4 fully saturated rings. The predicted molar refractivity (Wildman–Crippen MR) is 76.8 cm³/mol. The Morgan fingerprint density at radius 3 is 2.42 bits per heavy atom. The van der Waals surface area contributed by atoms with Crippen molar-refractivity contribution in [3.8, 4) is 0 Å². The molecule has 4 aliphatic rings. The van der Waals surface area contributed by atoms with E-state index in [1.807, 2.05) is 0 Å². The predicted octanol–water partition coefficient (Wildman–Crippen LogP) is 3.23. The number of rotatable bonds is 4. The number of hydrogen-bond donors (Lipinski definition) is 1. The van der Waals surface area contributed by atoms with Crippen molar-refractivity contribution in [1.29, 1.82) is 0 Å². The lowest BCUT2D eigenvalue weighted by atomic mass is 9.48. The lowest BCUT2D eigenvalue weighted by Crippen LogP contribution is -2.54. The normalized spacial score (nSPS) is 41.6. The highest BCUT2D eigenvalue weighted by Crippen LogP contribution is 2.61. The molecule has 104 valence electrons. The average Bonchev–Trinajstić information content (AvgIpc) is 2.87. The van der Waals surface area contributed by atoms with Gasteiger partial charge in [-0.1, -0.05) is 4.49 Å². The first-order valence-electron chi connectivity index (χ1n) is 7.73. The van der Waals surface area contributed by atoms with Gasteiger partial charge in [-0.05, 0) is 80.1 Å². The van der Waals surface area contributed by atoms with Crippen molar-refractivity contribution in [2.24, 2.45) is 23.2 Å². The van der Waals surface area contributed by atoms with Crippen molar-refractivity contribution in [3.63, 3.8) is 0 Å². The largest absolute Gasteiger partial charge is 0.308 e. The summed E-state index contributed by atoms with van der Waals surface area (Å²) in [5.74, 6) is 3.12. The summed E-state index contributed by atoms with van der Waals surface area (Å²) in [5, 5.41) is 9.94. The van der Waals surface area contributed by atoms with Gasteiger partial charge in [0, 0.05) is 18.0 Å². The third-order valence-corrected chi connectivity index (χ3v) is 6.55. The van der Waals surface area contributed by atoms with E-state index in [0.717, 1.165) is 30.0 Å². The Labute approximate surface area is 119 Å². The minimum atomic E-state index is 0.595. The topological polar surface area (TPSA) is 37.8 Å². The molecule has 1 heterocycles. The Balaban J connectivity index is 1.45. The Kier molecular flexibility index (Phi) is 2.92. The molecule has 5 rings (SSSR count). The van der Waals surface area contributed by atoms with Crippen LogP contribution in [0.15, 0.2) is 5.38 Å². The highest BCUT2D eigenvalue weighted by molar-refractivity contribution is 7.03. The van der Waals surface area contributed by atoms with Gasteiger partial charge in [-0.2, -0.15) is 0 Å². The number of nitrogens with zero attached hydrogens (tertiary/aromatic N) is 2. The van der Waals surface area contributed by atoms with Gasteiger partial charge in [0.25, 0.3) is 0 Å². The lowest BCUT2D eigenvalue weighted by Gasteiger charge is -2.59. The SMILES string of the molecule is CC(NCc1csnn1)C12CC3CC(CC(C3)C1)C2. The molecular weight excluding hydrogens is 254 g/mol. The summed E-state index contributed by atoms with van der Waals surface area (Å²) in [7, 11) is 0. The van der Waals surface area contributed by atoms with Crippen LogP contribution in [-0.4, -0.2) is 15.6 Å². The molecule has 3 nitrogen and oxygen atoms in total. The van der Waals surface area contributed by atoms with Gasteiger partial charge < -0.3 is 5.32 Å². The third-order valence-electron chi connectivity index (χ3n) is 6.00. The minimum Gasteiger partial charge on any atom is -0.308 e. The highest BCUT2D eigenvalue weighted by Gasteiger charge is 2.52. The fraction of sp³-hybridized carbons (Fsp3) is 0.867.